The third-order valence-corrected chi connectivity index (χ3v) is 2.23. The molecule has 0 aromatic heterocycles. The molecule has 4 heteroatoms. The minimum Gasteiger partial charge on any atom is -0.612 e. The van der Waals surface area contributed by atoms with Crippen LogP contribution in [0.1, 0.15) is 5.56 Å². The Morgan fingerprint density at radius 2 is 2.17 bits per heavy atom. The first-order chi connectivity index (χ1) is 5.63. The molecule has 1 rings (SSSR count). The van der Waals surface area contributed by atoms with Crippen molar-refractivity contribution in [2.24, 2.45) is 0 Å². The molecular weight excluding hydrogens is 177 g/mol. The summed E-state index contributed by atoms with van der Waals surface area (Å²) in [5, 5.41) is 8.45. The summed E-state index contributed by atoms with van der Waals surface area (Å²) in [4.78, 5) is 0.339. The summed E-state index contributed by atoms with van der Waals surface area (Å²) in [6.45, 7) is 0. The van der Waals surface area contributed by atoms with E-state index in [0.717, 1.165) is 12.1 Å². The molecule has 0 saturated heterocycles. The second kappa shape index (κ2) is 3.57. The van der Waals surface area contributed by atoms with Gasteiger partial charge in [0.2, 0.25) is 0 Å². The van der Waals surface area contributed by atoms with Gasteiger partial charge in [-0.3, -0.25) is 0 Å². The van der Waals surface area contributed by atoms with E-state index in [2.05, 4.69) is 0 Å². The number of nitriles is 1. The third kappa shape index (κ3) is 1.97. The molecule has 0 aliphatic rings. The smallest absolute Gasteiger partial charge is 0.156 e. The first-order valence-corrected chi connectivity index (χ1v) is 4.73. The van der Waals surface area contributed by atoms with E-state index in [9.17, 15) is 8.94 Å². The van der Waals surface area contributed by atoms with Crippen LogP contribution in [0.25, 0.3) is 0 Å². The normalized spacial score (nSPS) is 12.2. The molecule has 1 atom stereocenters. The Labute approximate surface area is 72.8 Å². The molecule has 1 aromatic rings. The third-order valence-electron chi connectivity index (χ3n) is 1.33. The van der Waals surface area contributed by atoms with E-state index < -0.39 is 17.0 Å². The highest BCUT2D eigenvalue weighted by atomic mass is 32.2. The summed E-state index contributed by atoms with van der Waals surface area (Å²) in [7, 11) is 0. The number of benzene rings is 1. The fourth-order valence-corrected chi connectivity index (χ4v) is 1.36. The Hall–Kier alpha value is -1.05. The zero-order chi connectivity index (χ0) is 9.14. The highest BCUT2D eigenvalue weighted by Crippen LogP contribution is 2.13. The topological polar surface area (TPSA) is 46.8 Å². The minimum atomic E-state index is -1.24. The molecule has 0 fully saturated rings. The van der Waals surface area contributed by atoms with E-state index in [0.29, 0.717) is 4.90 Å². The molecule has 0 aliphatic heterocycles. The van der Waals surface area contributed by atoms with Crippen LogP contribution in [0.2, 0.25) is 0 Å². The fraction of sp³-hybridized carbons (Fsp3) is 0.125. The van der Waals surface area contributed by atoms with Gasteiger partial charge in [0.05, 0.1) is 11.6 Å². The van der Waals surface area contributed by atoms with Crippen molar-refractivity contribution in [1.29, 1.82) is 5.26 Å². The average molecular weight is 183 g/mol. The Morgan fingerprint density at radius 1 is 1.50 bits per heavy atom. The van der Waals surface area contributed by atoms with Gasteiger partial charge in [0.25, 0.3) is 0 Å². The molecule has 0 aliphatic carbocycles. The summed E-state index contributed by atoms with van der Waals surface area (Å²) in [6, 6.07) is 5.48. The van der Waals surface area contributed by atoms with Crippen molar-refractivity contribution < 1.29 is 8.94 Å². The van der Waals surface area contributed by atoms with Gasteiger partial charge in [0, 0.05) is 12.1 Å². The number of halogens is 1. The van der Waals surface area contributed by atoms with Crippen LogP contribution in [0.4, 0.5) is 4.39 Å². The van der Waals surface area contributed by atoms with E-state index in [1.807, 2.05) is 0 Å². The lowest BCUT2D eigenvalue weighted by Gasteiger charge is -2.03. The van der Waals surface area contributed by atoms with E-state index >= 15 is 0 Å². The fourth-order valence-electron chi connectivity index (χ4n) is 0.793. The van der Waals surface area contributed by atoms with Gasteiger partial charge >= 0.3 is 0 Å². The van der Waals surface area contributed by atoms with E-state index in [4.69, 9.17) is 5.26 Å². The van der Waals surface area contributed by atoms with Gasteiger partial charge in [-0.05, 0) is 17.2 Å². The van der Waals surface area contributed by atoms with E-state index in [-0.39, 0.29) is 5.56 Å². The van der Waals surface area contributed by atoms with Crippen LogP contribution in [0.15, 0.2) is 23.1 Å². The number of hydrogen-bond acceptors (Lipinski definition) is 2. The molecule has 0 heterocycles. The van der Waals surface area contributed by atoms with Crippen molar-refractivity contribution in [1.82, 2.24) is 0 Å². The summed E-state index contributed by atoms with van der Waals surface area (Å²) < 4.78 is 23.6. The van der Waals surface area contributed by atoms with Gasteiger partial charge in [-0.1, -0.05) is 0 Å². The van der Waals surface area contributed by atoms with Gasteiger partial charge in [-0.25, -0.2) is 4.39 Å². The maximum atomic E-state index is 12.7. The minimum absolute atomic E-state index is 0.195. The van der Waals surface area contributed by atoms with Gasteiger partial charge in [-0.15, -0.1) is 0 Å². The first kappa shape index (κ1) is 9.04. The van der Waals surface area contributed by atoms with Crippen LogP contribution in [-0.2, 0) is 11.2 Å². The maximum Gasteiger partial charge on any atom is 0.156 e. The molecule has 1 aromatic carbocycles. The molecule has 0 saturated carbocycles. The van der Waals surface area contributed by atoms with Crippen LogP contribution < -0.4 is 0 Å². The molecule has 1 unspecified atom stereocenters. The quantitative estimate of drug-likeness (QED) is 0.618. The van der Waals surface area contributed by atoms with Gasteiger partial charge in [0.15, 0.2) is 4.90 Å². The molecule has 0 bridgehead atoms. The predicted octanol–water partition coefficient (Wildman–Crippen LogP) is 1.43. The molecule has 0 amide bonds. The van der Waals surface area contributed by atoms with Crippen LogP contribution in [0, 0.1) is 17.1 Å². The van der Waals surface area contributed by atoms with Crippen LogP contribution >= 0.6 is 0 Å². The average Bonchev–Trinajstić information content (AvgIpc) is 2.03. The van der Waals surface area contributed by atoms with Crippen molar-refractivity contribution in [3.8, 4) is 6.07 Å². The summed E-state index contributed by atoms with van der Waals surface area (Å²) in [5.41, 5.74) is 0.195. The Balaban J connectivity index is 3.17. The Bertz CT molecular complexity index is 332. The molecular formula is C8H6FNOS. The highest BCUT2D eigenvalue weighted by Gasteiger charge is 2.07. The Morgan fingerprint density at radius 3 is 2.67 bits per heavy atom. The van der Waals surface area contributed by atoms with Gasteiger partial charge < -0.3 is 4.55 Å². The maximum absolute atomic E-state index is 12.7. The van der Waals surface area contributed by atoms with Crippen molar-refractivity contribution >= 4 is 11.2 Å². The molecule has 0 radical (unpaired) electrons. The molecule has 0 spiro atoms. The monoisotopic (exact) mass is 183 g/mol. The lowest BCUT2D eigenvalue weighted by Crippen LogP contribution is -1.98. The molecule has 2 nitrogen and oxygen atoms in total. The standard InChI is InChI=1S/C8H6FNOS/c1-12(11)8-3-6(5-10)2-7(9)4-8/h2-4H,1H3. The predicted molar refractivity (Wildman–Crippen MR) is 43.4 cm³/mol. The number of hydrogen-bond donors (Lipinski definition) is 0. The van der Waals surface area contributed by atoms with Crippen LogP contribution in [-0.4, -0.2) is 10.8 Å². The summed E-state index contributed by atoms with van der Waals surface area (Å²) in [5.74, 6) is -0.528. The SMILES string of the molecule is C[S+]([O-])c1cc(F)cc(C#N)c1. The van der Waals surface area contributed by atoms with Gasteiger partial charge in [0.1, 0.15) is 12.1 Å². The number of nitrogens with zero attached hydrogens (tertiary/aromatic N) is 1. The summed E-state index contributed by atoms with van der Waals surface area (Å²) >= 11 is -1.24. The van der Waals surface area contributed by atoms with Crippen molar-refractivity contribution in [3.63, 3.8) is 0 Å². The second-order valence-corrected chi connectivity index (χ2v) is 3.62. The molecule has 0 N–H and O–H groups in total. The first-order valence-electron chi connectivity index (χ1n) is 3.17. The van der Waals surface area contributed by atoms with E-state index in [1.54, 1.807) is 6.07 Å². The van der Waals surface area contributed by atoms with Crippen molar-refractivity contribution in [2.45, 2.75) is 4.90 Å². The van der Waals surface area contributed by atoms with Crippen LogP contribution in [0.3, 0.4) is 0 Å². The van der Waals surface area contributed by atoms with Crippen LogP contribution in [0.5, 0.6) is 0 Å². The molecule has 12 heavy (non-hydrogen) atoms. The zero-order valence-electron chi connectivity index (χ0n) is 6.37. The van der Waals surface area contributed by atoms with Crippen molar-refractivity contribution in [2.75, 3.05) is 6.26 Å². The van der Waals surface area contributed by atoms with E-state index in [1.165, 1.54) is 12.3 Å². The lowest BCUT2D eigenvalue weighted by atomic mass is 10.2. The second-order valence-electron chi connectivity index (χ2n) is 2.24. The lowest BCUT2D eigenvalue weighted by molar-refractivity contribution is 0.595. The number of rotatable bonds is 1. The largest absolute Gasteiger partial charge is 0.612 e. The zero-order valence-corrected chi connectivity index (χ0v) is 7.19. The van der Waals surface area contributed by atoms with Crippen molar-refractivity contribution in [3.05, 3.63) is 29.6 Å². The van der Waals surface area contributed by atoms with Gasteiger partial charge in [-0.2, -0.15) is 5.26 Å². The molecule has 62 valence electrons. The summed E-state index contributed by atoms with van der Waals surface area (Å²) in [6.07, 6.45) is 1.44. The Kier molecular flexibility index (Phi) is 2.69. The highest BCUT2D eigenvalue weighted by molar-refractivity contribution is 7.90.